The number of pyridine rings is 2. The summed E-state index contributed by atoms with van der Waals surface area (Å²) in [6.45, 7) is 17.9. The summed E-state index contributed by atoms with van der Waals surface area (Å²) in [6, 6.07) is 25.6. The standard InChI is InChI=1S/C20H18N2.4C2H6/c1-3-11-19-17(7-1)9-5-13-21(19)15-16-22-14-6-10-18-8-2-4-12-20(18)22;4*1-2/h1-14H,15-16H2;4*1-2H3/q+2;;;;. The van der Waals surface area contributed by atoms with Crippen LogP contribution in [0.1, 0.15) is 55.4 Å². The fourth-order valence-corrected chi connectivity index (χ4v) is 3.05. The zero-order valence-electron chi connectivity index (χ0n) is 20.4. The molecular formula is C28H42N2+2. The number of nitrogens with zero attached hydrogens (tertiary/aromatic N) is 2. The van der Waals surface area contributed by atoms with E-state index in [2.05, 4.69) is 94.3 Å². The SMILES string of the molecule is CC.CC.CC.CC.c1ccc2c(c1)ccc[n+]2CC[n+]1cccc2ccccc21. The van der Waals surface area contributed by atoms with Crippen LogP contribution in [-0.2, 0) is 13.1 Å². The molecule has 2 nitrogen and oxygen atoms in total. The van der Waals surface area contributed by atoms with Crippen molar-refractivity contribution in [1.82, 2.24) is 0 Å². The molecule has 2 aromatic carbocycles. The second-order valence-corrected chi connectivity index (χ2v) is 5.52. The summed E-state index contributed by atoms with van der Waals surface area (Å²) >= 11 is 0. The molecule has 2 heteroatoms. The van der Waals surface area contributed by atoms with Gasteiger partial charge in [0.25, 0.3) is 0 Å². The van der Waals surface area contributed by atoms with Crippen molar-refractivity contribution < 1.29 is 9.13 Å². The molecule has 2 heterocycles. The quantitative estimate of drug-likeness (QED) is 0.314. The molecule has 162 valence electrons. The first kappa shape index (κ1) is 27.3. The molecular weight excluding hydrogens is 364 g/mol. The van der Waals surface area contributed by atoms with Gasteiger partial charge < -0.3 is 0 Å². The Hall–Kier alpha value is -2.74. The lowest BCUT2D eigenvalue weighted by atomic mass is 10.2. The zero-order valence-corrected chi connectivity index (χ0v) is 20.4. The molecule has 0 saturated heterocycles. The van der Waals surface area contributed by atoms with Gasteiger partial charge in [-0.15, -0.1) is 0 Å². The molecule has 0 N–H and O–H groups in total. The molecule has 4 aromatic rings. The molecule has 0 atom stereocenters. The minimum atomic E-state index is 0.958. The Bertz CT molecular complexity index is 855. The van der Waals surface area contributed by atoms with Gasteiger partial charge in [-0.1, -0.05) is 79.7 Å². The summed E-state index contributed by atoms with van der Waals surface area (Å²) in [5.41, 5.74) is 2.57. The Labute approximate surface area is 184 Å². The minimum absolute atomic E-state index is 0.958. The van der Waals surface area contributed by atoms with E-state index in [4.69, 9.17) is 0 Å². The fourth-order valence-electron chi connectivity index (χ4n) is 3.05. The lowest BCUT2D eigenvalue weighted by Gasteiger charge is -2.02. The maximum atomic E-state index is 2.32. The van der Waals surface area contributed by atoms with Crippen molar-refractivity contribution in [3.8, 4) is 0 Å². The summed E-state index contributed by atoms with van der Waals surface area (Å²) in [7, 11) is 0. The van der Waals surface area contributed by atoms with Crippen molar-refractivity contribution in [3.63, 3.8) is 0 Å². The Kier molecular flexibility index (Phi) is 15.6. The summed E-state index contributed by atoms with van der Waals surface area (Å²) in [5.74, 6) is 0. The van der Waals surface area contributed by atoms with Crippen molar-refractivity contribution >= 4 is 21.8 Å². The molecule has 0 spiro atoms. The topological polar surface area (TPSA) is 7.76 Å². The van der Waals surface area contributed by atoms with Crippen LogP contribution in [0, 0.1) is 0 Å². The van der Waals surface area contributed by atoms with E-state index in [1.807, 2.05) is 55.4 Å². The normalized spacial score (nSPS) is 8.93. The van der Waals surface area contributed by atoms with Crippen LogP contribution in [0.15, 0.2) is 85.2 Å². The third-order valence-corrected chi connectivity index (χ3v) is 4.16. The Morgan fingerprint density at radius 2 is 0.733 bits per heavy atom. The average molecular weight is 407 g/mol. The van der Waals surface area contributed by atoms with Crippen LogP contribution in [0.3, 0.4) is 0 Å². The largest absolute Gasteiger partial charge is 0.212 e. The predicted molar refractivity (Wildman–Crippen MR) is 134 cm³/mol. The van der Waals surface area contributed by atoms with Gasteiger partial charge in [-0.2, -0.15) is 9.13 Å². The number of aromatic nitrogens is 2. The van der Waals surface area contributed by atoms with Crippen LogP contribution in [-0.4, -0.2) is 0 Å². The van der Waals surface area contributed by atoms with Crippen LogP contribution in [0.2, 0.25) is 0 Å². The molecule has 0 amide bonds. The Balaban J connectivity index is 0.000000948. The number of rotatable bonds is 3. The van der Waals surface area contributed by atoms with Crippen molar-refractivity contribution in [3.05, 3.63) is 85.2 Å². The molecule has 0 radical (unpaired) electrons. The molecule has 30 heavy (non-hydrogen) atoms. The maximum Gasteiger partial charge on any atom is 0.212 e. The summed E-state index contributed by atoms with van der Waals surface area (Å²) in [5, 5.41) is 2.57. The minimum Gasteiger partial charge on any atom is -0.192 e. The van der Waals surface area contributed by atoms with Gasteiger partial charge in [0, 0.05) is 35.0 Å². The van der Waals surface area contributed by atoms with E-state index in [-0.39, 0.29) is 0 Å². The second-order valence-electron chi connectivity index (χ2n) is 5.52. The molecule has 0 fully saturated rings. The Morgan fingerprint density at radius 3 is 1.10 bits per heavy atom. The van der Waals surface area contributed by atoms with Crippen molar-refractivity contribution in [2.24, 2.45) is 0 Å². The first-order valence-electron chi connectivity index (χ1n) is 11.7. The number of fused-ring (bicyclic) bond motifs is 2. The Morgan fingerprint density at radius 1 is 0.433 bits per heavy atom. The van der Waals surface area contributed by atoms with Gasteiger partial charge in [-0.3, -0.25) is 0 Å². The van der Waals surface area contributed by atoms with Crippen LogP contribution in [0.25, 0.3) is 21.8 Å². The second kappa shape index (κ2) is 17.1. The predicted octanol–water partition coefficient (Wildman–Crippen LogP) is 7.37. The molecule has 4 rings (SSSR count). The maximum absolute atomic E-state index is 2.32. The molecule has 0 aliphatic rings. The van der Waals surface area contributed by atoms with Gasteiger partial charge in [0.2, 0.25) is 24.1 Å². The highest BCUT2D eigenvalue weighted by molar-refractivity contribution is 5.75. The van der Waals surface area contributed by atoms with E-state index < -0.39 is 0 Å². The van der Waals surface area contributed by atoms with Gasteiger partial charge in [0.15, 0.2) is 12.4 Å². The van der Waals surface area contributed by atoms with Crippen LogP contribution in [0.5, 0.6) is 0 Å². The van der Waals surface area contributed by atoms with E-state index in [0.717, 1.165) is 13.1 Å². The fraction of sp³-hybridized carbons (Fsp3) is 0.357. The highest BCUT2D eigenvalue weighted by Gasteiger charge is 2.12. The molecule has 0 bridgehead atoms. The van der Waals surface area contributed by atoms with E-state index in [1.54, 1.807) is 0 Å². The van der Waals surface area contributed by atoms with Crippen LogP contribution in [0.4, 0.5) is 0 Å². The number of benzene rings is 2. The van der Waals surface area contributed by atoms with E-state index in [0.29, 0.717) is 0 Å². The molecule has 0 unspecified atom stereocenters. The summed E-state index contributed by atoms with van der Waals surface area (Å²) in [4.78, 5) is 0. The van der Waals surface area contributed by atoms with Crippen molar-refractivity contribution in [2.75, 3.05) is 0 Å². The third-order valence-electron chi connectivity index (χ3n) is 4.16. The molecule has 2 aromatic heterocycles. The average Bonchev–Trinajstić information content (AvgIpc) is 2.87. The van der Waals surface area contributed by atoms with E-state index in [1.165, 1.54) is 21.8 Å². The molecule has 0 aliphatic carbocycles. The van der Waals surface area contributed by atoms with Gasteiger partial charge >= 0.3 is 0 Å². The number of para-hydroxylation sites is 2. The first-order valence-corrected chi connectivity index (χ1v) is 11.7. The highest BCUT2D eigenvalue weighted by atomic mass is 15.0. The van der Waals surface area contributed by atoms with Crippen LogP contribution < -0.4 is 9.13 Å². The number of aryl methyl sites for hydroxylation is 2. The smallest absolute Gasteiger partial charge is 0.192 e. The first-order chi connectivity index (χ1) is 14.9. The van der Waals surface area contributed by atoms with Crippen LogP contribution >= 0.6 is 0 Å². The van der Waals surface area contributed by atoms with Crippen molar-refractivity contribution in [1.29, 1.82) is 0 Å². The number of hydrogen-bond donors (Lipinski definition) is 0. The van der Waals surface area contributed by atoms with Gasteiger partial charge in [0.05, 0.1) is 0 Å². The van der Waals surface area contributed by atoms with E-state index in [9.17, 15) is 0 Å². The van der Waals surface area contributed by atoms with Gasteiger partial charge in [0.1, 0.15) is 0 Å². The number of hydrogen-bond acceptors (Lipinski definition) is 0. The third kappa shape index (κ3) is 7.59. The zero-order chi connectivity index (χ0) is 22.8. The lowest BCUT2D eigenvalue weighted by Crippen LogP contribution is -2.44. The van der Waals surface area contributed by atoms with Gasteiger partial charge in [-0.05, 0) is 24.3 Å². The van der Waals surface area contributed by atoms with Crippen molar-refractivity contribution in [2.45, 2.75) is 68.5 Å². The monoisotopic (exact) mass is 406 g/mol. The molecule has 0 saturated carbocycles. The highest BCUT2D eigenvalue weighted by Crippen LogP contribution is 2.09. The van der Waals surface area contributed by atoms with Gasteiger partial charge in [-0.25, -0.2) is 0 Å². The molecule has 0 aliphatic heterocycles. The van der Waals surface area contributed by atoms with E-state index >= 15 is 0 Å². The summed E-state index contributed by atoms with van der Waals surface area (Å²) in [6.07, 6.45) is 4.32. The summed E-state index contributed by atoms with van der Waals surface area (Å²) < 4.78 is 4.65. The lowest BCUT2D eigenvalue weighted by molar-refractivity contribution is -0.754.